The standard InChI is InChI=1S/C15H27NO/c1-10(2)14-13-9-12-5-6-15(13,17-12)7-8-16(14)11(3)4/h10-14H,5-9H2,1-4H3. The zero-order chi connectivity index (χ0) is 12.2. The minimum atomic E-state index is 0.283. The van der Waals surface area contributed by atoms with Crippen molar-refractivity contribution in [3.63, 3.8) is 0 Å². The largest absolute Gasteiger partial charge is 0.371 e. The number of rotatable bonds is 2. The fraction of sp³-hybridized carbons (Fsp3) is 1.00. The lowest BCUT2D eigenvalue weighted by atomic mass is 9.67. The van der Waals surface area contributed by atoms with Gasteiger partial charge in [-0.25, -0.2) is 0 Å². The van der Waals surface area contributed by atoms with Crippen molar-refractivity contribution in [2.24, 2.45) is 11.8 Å². The van der Waals surface area contributed by atoms with Crippen molar-refractivity contribution in [3.8, 4) is 0 Å². The summed E-state index contributed by atoms with van der Waals surface area (Å²) in [6.07, 6.45) is 5.84. The highest BCUT2D eigenvalue weighted by molar-refractivity contribution is 5.10. The van der Waals surface area contributed by atoms with Crippen LogP contribution in [-0.4, -0.2) is 35.2 Å². The van der Waals surface area contributed by atoms with Crippen LogP contribution < -0.4 is 0 Å². The second-order valence-corrected chi connectivity index (χ2v) is 7.00. The maximum absolute atomic E-state index is 6.35. The van der Waals surface area contributed by atoms with Gasteiger partial charge in [-0.15, -0.1) is 0 Å². The van der Waals surface area contributed by atoms with Crippen LogP contribution in [0, 0.1) is 11.8 Å². The van der Waals surface area contributed by atoms with Crippen LogP contribution >= 0.6 is 0 Å². The lowest BCUT2D eigenvalue weighted by molar-refractivity contribution is -0.0920. The predicted octanol–water partition coefficient (Wildman–Crippen LogP) is 3.06. The molecule has 0 aliphatic carbocycles. The Kier molecular flexibility index (Phi) is 2.79. The van der Waals surface area contributed by atoms with Crippen molar-refractivity contribution in [2.45, 2.75) is 77.2 Å². The van der Waals surface area contributed by atoms with Gasteiger partial charge >= 0.3 is 0 Å². The van der Waals surface area contributed by atoms with E-state index in [-0.39, 0.29) is 5.60 Å². The zero-order valence-electron chi connectivity index (χ0n) is 11.8. The number of hydrogen-bond donors (Lipinski definition) is 0. The van der Waals surface area contributed by atoms with E-state index in [2.05, 4.69) is 32.6 Å². The molecule has 1 spiro atoms. The molecule has 2 bridgehead atoms. The third-order valence-corrected chi connectivity index (χ3v) is 5.42. The topological polar surface area (TPSA) is 12.5 Å². The Balaban J connectivity index is 1.88. The highest BCUT2D eigenvalue weighted by Gasteiger charge is 2.59. The maximum Gasteiger partial charge on any atom is 0.0743 e. The summed E-state index contributed by atoms with van der Waals surface area (Å²) in [5.74, 6) is 1.56. The van der Waals surface area contributed by atoms with E-state index in [1.165, 1.54) is 32.2 Å². The molecule has 0 amide bonds. The zero-order valence-corrected chi connectivity index (χ0v) is 11.8. The molecule has 98 valence electrons. The van der Waals surface area contributed by atoms with Crippen molar-refractivity contribution in [2.75, 3.05) is 6.54 Å². The third-order valence-electron chi connectivity index (χ3n) is 5.42. The lowest BCUT2D eigenvalue weighted by Gasteiger charge is -2.52. The molecule has 0 N–H and O–H groups in total. The molecular formula is C15H27NO. The molecule has 3 fully saturated rings. The summed E-state index contributed by atoms with van der Waals surface area (Å²) in [6, 6.07) is 1.42. The minimum absolute atomic E-state index is 0.283. The normalized spacial score (nSPS) is 45.9. The highest BCUT2D eigenvalue weighted by Crippen LogP contribution is 2.55. The quantitative estimate of drug-likeness (QED) is 0.732. The highest BCUT2D eigenvalue weighted by atomic mass is 16.5. The number of fused-ring (bicyclic) bond motifs is 1. The van der Waals surface area contributed by atoms with Gasteiger partial charge in [0.05, 0.1) is 11.7 Å². The van der Waals surface area contributed by atoms with Gasteiger partial charge in [-0.2, -0.15) is 0 Å². The Labute approximate surface area is 106 Å². The van der Waals surface area contributed by atoms with E-state index in [1.54, 1.807) is 0 Å². The summed E-state index contributed by atoms with van der Waals surface area (Å²) in [6.45, 7) is 10.7. The van der Waals surface area contributed by atoms with Crippen LogP contribution in [0.3, 0.4) is 0 Å². The molecule has 0 aromatic carbocycles. The first-order valence-electron chi connectivity index (χ1n) is 7.47. The van der Waals surface area contributed by atoms with Crippen molar-refractivity contribution in [3.05, 3.63) is 0 Å². The summed E-state index contributed by atoms with van der Waals surface area (Å²) >= 11 is 0. The lowest BCUT2D eigenvalue weighted by Crippen LogP contribution is -2.59. The summed E-state index contributed by atoms with van der Waals surface area (Å²) in [4.78, 5) is 2.74. The fourth-order valence-corrected chi connectivity index (χ4v) is 4.76. The van der Waals surface area contributed by atoms with Gasteiger partial charge in [-0.05, 0) is 45.4 Å². The number of hydrogen-bond acceptors (Lipinski definition) is 2. The molecule has 2 heteroatoms. The number of likely N-dealkylation sites (tertiary alicyclic amines) is 1. The molecule has 0 aromatic rings. The van der Waals surface area contributed by atoms with Crippen molar-refractivity contribution >= 4 is 0 Å². The van der Waals surface area contributed by atoms with Gasteiger partial charge < -0.3 is 4.74 Å². The van der Waals surface area contributed by atoms with Crippen LogP contribution in [0.25, 0.3) is 0 Å². The van der Waals surface area contributed by atoms with Crippen molar-refractivity contribution in [1.82, 2.24) is 4.90 Å². The molecule has 3 aliphatic heterocycles. The first-order chi connectivity index (χ1) is 8.03. The van der Waals surface area contributed by atoms with Gasteiger partial charge in [0, 0.05) is 24.5 Å². The molecule has 3 saturated heterocycles. The average molecular weight is 237 g/mol. The van der Waals surface area contributed by atoms with Crippen LogP contribution in [0.15, 0.2) is 0 Å². The smallest absolute Gasteiger partial charge is 0.0743 e. The van der Waals surface area contributed by atoms with Gasteiger partial charge in [0.2, 0.25) is 0 Å². The fourth-order valence-electron chi connectivity index (χ4n) is 4.76. The van der Waals surface area contributed by atoms with Crippen LogP contribution in [0.2, 0.25) is 0 Å². The van der Waals surface area contributed by atoms with E-state index in [0.29, 0.717) is 12.1 Å². The van der Waals surface area contributed by atoms with Crippen LogP contribution in [0.1, 0.15) is 53.4 Å². The number of piperidine rings is 1. The van der Waals surface area contributed by atoms with E-state index >= 15 is 0 Å². The van der Waals surface area contributed by atoms with Gasteiger partial charge in [0.1, 0.15) is 0 Å². The van der Waals surface area contributed by atoms with E-state index < -0.39 is 0 Å². The third kappa shape index (κ3) is 1.67. The molecule has 0 radical (unpaired) electrons. The minimum Gasteiger partial charge on any atom is -0.371 e. The SMILES string of the molecule is CC(C)C1C2CC3CCC2(CCN1C(C)C)O3. The monoisotopic (exact) mass is 237 g/mol. The average Bonchev–Trinajstić information content (AvgIpc) is 2.82. The molecule has 3 rings (SSSR count). The molecule has 3 aliphatic rings. The van der Waals surface area contributed by atoms with Gasteiger partial charge in [-0.1, -0.05) is 13.8 Å². The van der Waals surface area contributed by atoms with Gasteiger partial charge in [0.25, 0.3) is 0 Å². The van der Waals surface area contributed by atoms with Gasteiger partial charge in [0.15, 0.2) is 0 Å². The molecule has 3 heterocycles. The van der Waals surface area contributed by atoms with Crippen molar-refractivity contribution < 1.29 is 4.74 Å². The molecule has 17 heavy (non-hydrogen) atoms. The molecular weight excluding hydrogens is 210 g/mol. The number of ether oxygens (including phenoxy) is 1. The molecule has 0 aromatic heterocycles. The van der Waals surface area contributed by atoms with Crippen LogP contribution in [0.4, 0.5) is 0 Å². The molecule has 2 nitrogen and oxygen atoms in total. The second kappa shape index (κ2) is 3.96. The Morgan fingerprint density at radius 3 is 2.53 bits per heavy atom. The Morgan fingerprint density at radius 2 is 1.94 bits per heavy atom. The summed E-state index contributed by atoms with van der Waals surface area (Å²) in [7, 11) is 0. The first-order valence-corrected chi connectivity index (χ1v) is 7.47. The summed E-state index contributed by atoms with van der Waals surface area (Å²) in [5, 5.41) is 0. The number of nitrogens with zero attached hydrogens (tertiary/aromatic N) is 1. The Bertz CT molecular complexity index is 301. The van der Waals surface area contributed by atoms with Crippen molar-refractivity contribution in [1.29, 1.82) is 0 Å². The van der Waals surface area contributed by atoms with Crippen LogP contribution in [0.5, 0.6) is 0 Å². The van der Waals surface area contributed by atoms with E-state index in [0.717, 1.165) is 17.9 Å². The Morgan fingerprint density at radius 1 is 1.18 bits per heavy atom. The first kappa shape index (κ1) is 12.0. The molecule has 0 saturated carbocycles. The molecule has 4 unspecified atom stereocenters. The maximum atomic E-state index is 6.35. The predicted molar refractivity (Wildman–Crippen MR) is 70.0 cm³/mol. The summed E-state index contributed by atoms with van der Waals surface area (Å²) in [5.41, 5.74) is 0.283. The van der Waals surface area contributed by atoms with E-state index in [9.17, 15) is 0 Å². The van der Waals surface area contributed by atoms with E-state index in [4.69, 9.17) is 4.74 Å². The van der Waals surface area contributed by atoms with Crippen LogP contribution in [-0.2, 0) is 4.74 Å². The Hall–Kier alpha value is -0.0800. The second-order valence-electron chi connectivity index (χ2n) is 7.00. The van der Waals surface area contributed by atoms with Gasteiger partial charge in [-0.3, -0.25) is 4.90 Å². The molecule has 4 atom stereocenters. The summed E-state index contributed by atoms with van der Waals surface area (Å²) < 4.78 is 6.35. The van der Waals surface area contributed by atoms with E-state index in [1.807, 2.05) is 0 Å².